The van der Waals surface area contributed by atoms with E-state index in [1.807, 2.05) is 6.07 Å². The molecule has 5 heteroatoms. The molecule has 3 aliphatic heterocycles. The van der Waals surface area contributed by atoms with Gasteiger partial charge in [0.2, 0.25) is 0 Å². The van der Waals surface area contributed by atoms with Crippen LogP contribution < -0.4 is 30.9 Å². The van der Waals surface area contributed by atoms with E-state index in [1.165, 1.54) is 16.7 Å². The van der Waals surface area contributed by atoms with Crippen molar-refractivity contribution in [3.63, 3.8) is 0 Å². The first-order chi connectivity index (χ1) is 60.4. The van der Waals surface area contributed by atoms with Gasteiger partial charge < -0.3 is 19.1 Å². The van der Waals surface area contributed by atoms with Crippen molar-refractivity contribution < 1.29 is 15.7 Å². The van der Waals surface area contributed by atoms with Crippen molar-refractivity contribution in [1.82, 2.24) is 4.57 Å². The summed E-state index contributed by atoms with van der Waals surface area (Å²) in [5, 5.41) is -0.00884. The van der Waals surface area contributed by atoms with Crippen molar-refractivity contribution in [3.05, 3.63) is 408 Å². The highest BCUT2D eigenvalue weighted by Gasteiger charge is 2.49. The van der Waals surface area contributed by atoms with Crippen LogP contribution in [0.2, 0.25) is 0 Å². The molecule has 0 aliphatic carbocycles. The second-order valence-electron chi connectivity index (χ2n) is 36.2. The molecule has 4 nitrogen and oxygen atoms in total. The minimum absolute atomic E-state index is 0.00442. The number of nitrogens with zero attached hydrogens (tertiary/aromatic N) is 3. The minimum Gasteiger partial charge on any atom is -0.457 e. The number of para-hydroxylation sites is 3. The first-order valence-electron chi connectivity index (χ1n) is 45.2. The summed E-state index contributed by atoms with van der Waals surface area (Å²) in [5.41, 5.74) is 27.4. The number of ether oxygens (including phenoxy) is 1. The van der Waals surface area contributed by atoms with Crippen molar-refractivity contribution in [3.8, 4) is 83.9 Å². The van der Waals surface area contributed by atoms with Crippen LogP contribution in [0, 0.1) is 0 Å². The molecule has 17 aromatic rings. The van der Waals surface area contributed by atoms with Crippen LogP contribution in [-0.2, 0) is 27.1 Å². The van der Waals surface area contributed by atoms with Crippen LogP contribution in [0.5, 0.6) is 11.5 Å². The van der Waals surface area contributed by atoms with E-state index < -0.39 is 48.4 Å². The Bertz CT molecular complexity index is 7040. The van der Waals surface area contributed by atoms with Gasteiger partial charge in [-0.15, -0.1) is 0 Å². The summed E-state index contributed by atoms with van der Waals surface area (Å²) < 4.78 is 86.0. The largest absolute Gasteiger partial charge is 0.457 e. The van der Waals surface area contributed by atoms with Crippen LogP contribution in [-0.4, -0.2) is 11.3 Å². The van der Waals surface area contributed by atoms with E-state index in [0.29, 0.717) is 5.69 Å². The lowest BCUT2D eigenvalue weighted by Gasteiger charge is -2.46. The molecule has 1 aromatic heterocycles. The molecule has 20 rings (SSSR count). The average molecular weight is 1530 g/mol. The molecule has 0 atom stereocenters. The molecule has 572 valence electrons. The first-order valence-corrected chi connectivity index (χ1v) is 41.2. The number of rotatable bonds is 11. The molecule has 0 saturated carbocycles. The molecule has 0 spiro atoms. The standard InChI is InChI=1S/C113H96BN3O/c1-109(2,3)83-61-79(62-84(67-83)110(4,5)6)78-55-58-96-100(64-78)116(107-90(73-37-19-13-20-38-73)68-85(111(7,8)9)69-91(107)74-39-21-14-22-40-74)102-65-80(77-56-60-105-95(63-77)113(81-45-27-17-28-46-81,82-47-29-18-30-48-82)94-51-33-36-54-104(94)118-105)66-103-106(102)114(96)97-59-57-87(115-98-52-34-31-49-88(98)89-50-32-35-53-99(89)115)72-101(97)117(103)108-92(75-41-23-15-24-42-75)70-86(112(10,11)12)71-93(108)76-43-25-16-26-44-76/h13-72H,1-12H3/i31D,32D,34D,35D,49D,50D,52D,53D. The zero-order valence-electron chi connectivity index (χ0n) is 76.8. The highest BCUT2D eigenvalue weighted by atomic mass is 16.5. The molecular weight excluding hydrogens is 1430 g/mol. The normalized spacial score (nSPS) is 14.5. The maximum atomic E-state index is 10.1. The maximum Gasteiger partial charge on any atom is 0.252 e. The summed E-state index contributed by atoms with van der Waals surface area (Å²) in [6.45, 7) is 26.9. The molecule has 4 heterocycles. The van der Waals surface area contributed by atoms with E-state index in [4.69, 9.17) is 4.74 Å². The van der Waals surface area contributed by atoms with Gasteiger partial charge in [0.1, 0.15) is 11.5 Å². The molecule has 0 amide bonds. The lowest BCUT2D eigenvalue weighted by atomic mass is 9.33. The Morgan fingerprint density at radius 3 is 1.10 bits per heavy atom. The van der Waals surface area contributed by atoms with Crippen molar-refractivity contribution in [1.29, 1.82) is 0 Å². The van der Waals surface area contributed by atoms with Crippen molar-refractivity contribution >= 4 is 79.0 Å². The molecule has 16 aromatic carbocycles. The summed E-state index contributed by atoms with van der Waals surface area (Å²) in [7, 11) is 0. The Kier molecular flexibility index (Phi) is 15.4. The van der Waals surface area contributed by atoms with Gasteiger partial charge in [-0.25, -0.2) is 0 Å². The van der Waals surface area contributed by atoms with Crippen molar-refractivity contribution in [2.45, 2.75) is 110 Å². The lowest BCUT2D eigenvalue weighted by molar-refractivity contribution is 0.434. The van der Waals surface area contributed by atoms with Gasteiger partial charge in [-0.1, -0.05) is 362 Å². The van der Waals surface area contributed by atoms with Gasteiger partial charge in [0.25, 0.3) is 6.71 Å². The summed E-state index contributed by atoms with van der Waals surface area (Å²) in [5.74, 6) is 1.48. The fraction of sp³-hybridized carbons (Fsp3) is 0.150. The number of benzene rings is 16. The molecule has 0 fully saturated rings. The van der Waals surface area contributed by atoms with Crippen LogP contribution in [0.15, 0.2) is 364 Å². The third kappa shape index (κ3) is 12.3. The topological polar surface area (TPSA) is 20.6 Å². The molecule has 0 unspecified atom stereocenters. The predicted octanol–water partition coefficient (Wildman–Crippen LogP) is 28.5. The Morgan fingerprint density at radius 2 is 0.653 bits per heavy atom. The van der Waals surface area contributed by atoms with Crippen molar-refractivity contribution in [2.75, 3.05) is 9.80 Å². The monoisotopic (exact) mass is 1530 g/mol. The van der Waals surface area contributed by atoms with E-state index in [-0.39, 0.29) is 55.6 Å². The Morgan fingerprint density at radius 1 is 0.297 bits per heavy atom. The zero-order chi connectivity index (χ0) is 87.7. The number of hydrogen-bond acceptors (Lipinski definition) is 3. The van der Waals surface area contributed by atoms with Gasteiger partial charge >= 0.3 is 0 Å². The number of anilines is 6. The quantitative estimate of drug-likeness (QED) is 0.120. The second-order valence-corrected chi connectivity index (χ2v) is 36.2. The second kappa shape index (κ2) is 28.0. The Hall–Kier alpha value is -13.2. The number of fused-ring (bicyclic) bond motifs is 9. The fourth-order valence-electron chi connectivity index (χ4n) is 18.6. The van der Waals surface area contributed by atoms with Crippen LogP contribution in [0.4, 0.5) is 34.1 Å². The van der Waals surface area contributed by atoms with Gasteiger partial charge in [0.15, 0.2) is 0 Å². The first kappa shape index (κ1) is 65.0. The van der Waals surface area contributed by atoms with E-state index in [9.17, 15) is 11.0 Å². The van der Waals surface area contributed by atoms with E-state index in [1.54, 1.807) is 4.57 Å². The van der Waals surface area contributed by atoms with E-state index in [0.717, 1.165) is 157 Å². The number of hydrogen-bond donors (Lipinski definition) is 0. The highest BCUT2D eigenvalue weighted by molar-refractivity contribution is 7.00. The summed E-state index contributed by atoms with van der Waals surface area (Å²) in [6.07, 6.45) is 0. The van der Waals surface area contributed by atoms with Crippen LogP contribution in [0.1, 0.15) is 139 Å². The molecule has 3 aliphatic rings. The molecule has 0 bridgehead atoms. The molecule has 0 N–H and O–H groups in total. The average Bonchev–Trinajstić information content (AvgIpc) is 0.889. The van der Waals surface area contributed by atoms with Gasteiger partial charge in [0.05, 0.1) is 38.8 Å². The predicted molar refractivity (Wildman–Crippen MR) is 501 cm³/mol. The summed E-state index contributed by atoms with van der Waals surface area (Å²) >= 11 is 0. The van der Waals surface area contributed by atoms with Gasteiger partial charge in [-0.2, -0.15) is 0 Å². The molecule has 0 saturated heterocycles. The minimum atomic E-state index is -0.915. The van der Waals surface area contributed by atoms with Crippen LogP contribution >= 0.6 is 0 Å². The third-order valence-corrected chi connectivity index (χ3v) is 24.7. The van der Waals surface area contributed by atoms with Crippen LogP contribution in [0.3, 0.4) is 0 Å². The summed E-state index contributed by atoms with van der Waals surface area (Å²) in [4.78, 5) is 5.10. The zero-order valence-corrected chi connectivity index (χ0v) is 68.8. The van der Waals surface area contributed by atoms with Crippen molar-refractivity contribution in [2.24, 2.45) is 0 Å². The third-order valence-electron chi connectivity index (χ3n) is 24.7. The summed E-state index contributed by atoms with van der Waals surface area (Å²) in [6, 6.07) is 112. The lowest BCUT2D eigenvalue weighted by Crippen LogP contribution is -2.61. The van der Waals surface area contributed by atoms with Gasteiger partial charge in [-0.3, -0.25) is 0 Å². The molecule has 0 radical (unpaired) electrons. The highest BCUT2D eigenvalue weighted by Crippen LogP contribution is 2.59. The van der Waals surface area contributed by atoms with E-state index in [2.05, 4.69) is 402 Å². The van der Waals surface area contributed by atoms with Crippen LogP contribution in [0.25, 0.3) is 94.3 Å². The Labute approximate surface area is 707 Å². The fourth-order valence-corrected chi connectivity index (χ4v) is 18.6. The smallest absolute Gasteiger partial charge is 0.252 e. The molecule has 118 heavy (non-hydrogen) atoms. The number of aromatic nitrogens is 1. The van der Waals surface area contributed by atoms with Gasteiger partial charge in [0, 0.05) is 72.6 Å². The van der Waals surface area contributed by atoms with E-state index >= 15 is 0 Å². The Balaban J connectivity index is 1.02. The van der Waals surface area contributed by atoms with Gasteiger partial charge in [-0.05, 0) is 201 Å². The molecular formula is C113H96BN3O. The maximum absolute atomic E-state index is 10.1. The SMILES string of the molecule is [2H]c1c([2H])c([2H])c2c(c1[2H])c1c([2H])c([2H])c([2H])c([2H])c1n2-c1ccc2c(c1)N(c1c(-c3ccccc3)cc(C(C)(C)C)cc1-c1ccccc1)c1cc(-c3ccc4c(c3)C(c3ccccc3)(c3ccccc3)c3ccccc3O4)cc3c1B2c1ccc(-c2cc(C(C)(C)C)cc(C(C)(C)C)c2)cc1N3c1c(-c2ccccc2)cc(C(C)(C)C)cc1-c1ccccc1.